The molecule has 3 rings (SSSR count). The molecule has 1 aliphatic heterocycles. The highest BCUT2D eigenvalue weighted by molar-refractivity contribution is 6.30. The Morgan fingerprint density at radius 3 is 2.74 bits per heavy atom. The Kier molecular flexibility index (Phi) is 5.46. The molecule has 0 radical (unpaired) electrons. The second kappa shape index (κ2) is 7.96. The number of nitrogens with zero attached hydrogens (tertiary/aromatic N) is 1. The number of nitro benzene ring substituents is 1. The minimum Gasteiger partial charge on any atom is -0.496 e. The van der Waals surface area contributed by atoms with Crippen molar-refractivity contribution in [3.63, 3.8) is 0 Å². The highest BCUT2D eigenvalue weighted by Gasteiger charge is 2.22. The number of methoxy groups -OCH3 is 1. The number of rotatable bonds is 6. The summed E-state index contributed by atoms with van der Waals surface area (Å²) in [5.41, 5.74) is 0.585. The summed E-state index contributed by atoms with van der Waals surface area (Å²) < 4.78 is 20.7. The zero-order valence-corrected chi connectivity index (χ0v) is 14.9. The summed E-state index contributed by atoms with van der Waals surface area (Å²) in [6.45, 7) is -0.0701. The first-order valence-corrected chi connectivity index (χ1v) is 8.11. The number of benzene rings is 2. The summed E-state index contributed by atoms with van der Waals surface area (Å²) in [4.78, 5) is 22.6. The van der Waals surface area contributed by atoms with Crippen molar-refractivity contribution >= 4 is 29.3 Å². The van der Waals surface area contributed by atoms with Gasteiger partial charge in [0.15, 0.2) is 11.5 Å². The zero-order chi connectivity index (χ0) is 19.4. The number of halogens is 1. The van der Waals surface area contributed by atoms with E-state index >= 15 is 0 Å². The fourth-order valence-corrected chi connectivity index (χ4v) is 2.65. The monoisotopic (exact) mass is 391 g/mol. The predicted molar refractivity (Wildman–Crippen MR) is 96.1 cm³/mol. The summed E-state index contributed by atoms with van der Waals surface area (Å²) in [6, 6.07) is 7.64. The van der Waals surface area contributed by atoms with Crippen molar-refractivity contribution in [1.82, 2.24) is 0 Å². The van der Waals surface area contributed by atoms with Gasteiger partial charge in [-0.25, -0.2) is 4.79 Å². The summed E-state index contributed by atoms with van der Waals surface area (Å²) in [6.07, 6.45) is 2.39. The van der Waals surface area contributed by atoms with Crippen LogP contribution in [-0.2, 0) is 16.1 Å². The third-order valence-corrected chi connectivity index (χ3v) is 3.97. The molecule has 8 nitrogen and oxygen atoms in total. The lowest BCUT2D eigenvalue weighted by atomic mass is 10.1. The SMILES string of the molecule is COc1ccc(Cl)cc1COC(=O)/C=C/c1cc2c(cc1[N+](=O)[O-])OCO2. The Morgan fingerprint density at radius 1 is 1.30 bits per heavy atom. The van der Waals surface area contributed by atoms with Gasteiger partial charge in [-0.1, -0.05) is 11.6 Å². The Labute approximate surface area is 159 Å². The van der Waals surface area contributed by atoms with Crippen LogP contribution in [0.3, 0.4) is 0 Å². The van der Waals surface area contributed by atoms with Crippen LogP contribution in [0.1, 0.15) is 11.1 Å². The first-order chi connectivity index (χ1) is 13.0. The number of nitro groups is 1. The Balaban J connectivity index is 1.72. The van der Waals surface area contributed by atoms with Crippen LogP contribution in [0.15, 0.2) is 36.4 Å². The minimum atomic E-state index is -0.677. The van der Waals surface area contributed by atoms with Crippen LogP contribution < -0.4 is 14.2 Å². The van der Waals surface area contributed by atoms with E-state index in [1.807, 2.05) is 0 Å². The van der Waals surface area contributed by atoms with E-state index in [4.69, 9.17) is 30.5 Å². The topological polar surface area (TPSA) is 97.1 Å². The molecule has 1 aliphatic rings. The van der Waals surface area contributed by atoms with Gasteiger partial charge in [0, 0.05) is 16.7 Å². The highest BCUT2D eigenvalue weighted by atomic mass is 35.5. The summed E-state index contributed by atoms with van der Waals surface area (Å²) >= 11 is 5.93. The van der Waals surface area contributed by atoms with Gasteiger partial charge in [0.2, 0.25) is 6.79 Å². The first kappa shape index (κ1) is 18.5. The van der Waals surface area contributed by atoms with Gasteiger partial charge in [0.05, 0.1) is 23.7 Å². The molecule has 2 aromatic rings. The molecular weight excluding hydrogens is 378 g/mol. The van der Waals surface area contributed by atoms with Crippen molar-refractivity contribution in [3.8, 4) is 17.2 Å². The summed E-state index contributed by atoms with van der Waals surface area (Å²) in [7, 11) is 1.49. The third-order valence-electron chi connectivity index (χ3n) is 3.73. The normalized spacial score (nSPS) is 12.2. The van der Waals surface area contributed by atoms with Crippen molar-refractivity contribution in [2.75, 3.05) is 13.9 Å². The lowest BCUT2D eigenvalue weighted by molar-refractivity contribution is -0.385. The maximum absolute atomic E-state index is 12.0. The maximum Gasteiger partial charge on any atom is 0.331 e. The largest absolute Gasteiger partial charge is 0.496 e. The van der Waals surface area contributed by atoms with E-state index in [0.717, 1.165) is 6.08 Å². The molecule has 140 valence electrons. The van der Waals surface area contributed by atoms with Gasteiger partial charge in [-0.2, -0.15) is 0 Å². The average molecular weight is 392 g/mol. The summed E-state index contributed by atoms with van der Waals surface area (Å²) in [5, 5.41) is 11.7. The lowest BCUT2D eigenvalue weighted by Crippen LogP contribution is -2.02. The molecule has 0 N–H and O–H groups in total. The zero-order valence-electron chi connectivity index (χ0n) is 14.1. The summed E-state index contributed by atoms with van der Waals surface area (Å²) in [5.74, 6) is 0.512. The van der Waals surface area contributed by atoms with Crippen molar-refractivity contribution in [2.45, 2.75) is 6.61 Å². The quantitative estimate of drug-likeness (QED) is 0.320. The molecule has 0 aromatic heterocycles. The number of esters is 1. The number of carbonyl (C=O) groups is 1. The number of hydrogen-bond acceptors (Lipinski definition) is 7. The Morgan fingerprint density at radius 2 is 2.04 bits per heavy atom. The van der Waals surface area contributed by atoms with Crippen LogP contribution in [0, 0.1) is 10.1 Å². The molecule has 1 heterocycles. The number of fused-ring (bicyclic) bond motifs is 1. The number of ether oxygens (including phenoxy) is 4. The molecule has 9 heteroatoms. The second-order valence-electron chi connectivity index (χ2n) is 5.42. The minimum absolute atomic E-state index is 0.0107. The molecule has 0 spiro atoms. The average Bonchev–Trinajstić information content (AvgIpc) is 3.11. The van der Waals surface area contributed by atoms with Crippen molar-refractivity contribution < 1.29 is 28.7 Å². The predicted octanol–water partition coefficient (Wildman–Crippen LogP) is 3.74. The molecule has 0 atom stereocenters. The molecule has 0 saturated carbocycles. The van der Waals surface area contributed by atoms with E-state index in [-0.39, 0.29) is 30.4 Å². The van der Waals surface area contributed by atoms with Crippen LogP contribution >= 0.6 is 11.6 Å². The Bertz CT molecular complexity index is 926. The van der Waals surface area contributed by atoms with Crippen LogP contribution in [0.5, 0.6) is 17.2 Å². The molecular formula is C18H14ClNO7. The smallest absolute Gasteiger partial charge is 0.331 e. The molecule has 0 saturated heterocycles. The molecule has 0 aliphatic carbocycles. The second-order valence-corrected chi connectivity index (χ2v) is 5.86. The van der Waals surface area contributed by atoms with E-state index in [2.05, 4.69) is 0 Å². The van der Waals surface area contributed by atoms with Crippen molar-refractivity contribution in [2.24, 2.45) is 0 Å². The Hall–Kier alpha value is -3.26. The standard InChI is InChI=1S/C18H14ClNO7/c1-24-15-4-3-13(19)6-12(15)9-25-18(21)5-2-11-7-16-17(27-10-26-16)8-14(11)20(22)23/h2-8H,9-10H2,1H3/b5-2+. The van der Waals surface area contributed by atoms with Crippen LogP contribution in [0.2, 0.25) is 5.02 Å². The van der Waals surface area contributed by atoms with Crippen molar-refractivity contribution in [1.29, 1.82) is 0 Å². The van der Waals surface area contributed by atoms with Gasteiger partial charge in [-0.05, 0) is 30.3 Å². The molecule has 0 fully saturated rings. The van der Waals surface area contributed by atoms with Gasteiger partial charge < -0.3 is 18.9 Å². The van der Waals surface area contributed by atoms with Crippen molar-refractivity contribution in [3.05, 3.63) is 62.7 Å². The van der Waals surface area contributed by atoms with Gasteiger partial charge in [-0.3, -0.25) is 10.1 Å². The van der Waals surface area contributed by atoms with E-state index in [0.29, 0.717) is 22.1 Å². The van der Waals surface area contributed by atoms with Gasteiger partial charge >= 0.3 is 5.97 Å². The van der Waals surface area contributed by atoms with E-state index in [1.54, 1.807) is 18.2 Å². The highest BCUT2D eigenvalue weighted by Crippen LogP contribution is 2.38. The molecule has 27 heavy (non-hydrogen) atoms. The van der Waals surface area contributed by atoms with E-state index in [1.165, 1.54) is 25.3 Å². The molecule has 0 amide bonds. The van der Waals surface area contributed by atoms with Gasteiger partial charge in [-0.15, -0.1) is 0 Å². The van der Waals surface area contributed by atoms with E-state index in [9.17, 15) is 14.9 Å². The van der Waals surface area contributed by atoms with Crippen LogP contribution in [0.4, 0.5) is 5.69 Å². The number of carbonyl (C=O) groups excluding carboxylic acids is 1. The van der Waals surface area contributed by atoms with E-state index < -0.39 is 10.9 Å². The van der Waals surface area contributed by atoms with Crippen LogP contribution in [-0.4, -0.2) is 24.8 Å². The first-order valence-electron chi connectivity index (χ1n) is 7.73. The molecule has 2 aromatic carbocycles. The van der Waals surface area contributed by atoms with Gasteiger partial charge in [0.1, 0.15) is 12.4 Å². The molecule has 0 unspecified atom stereocenters. The maximum atomic E-state index is 12.0. The fraction of sp³-hybridized carbons (Fsp3) is 0.167. The van der Waals surface area contributed by atoms with Gasteiger partial charge in [0.25, 0.3) is 5.69 Å². The van der Waals surface area contributed by atoms with Crippen LogP contribution in [0.25, 0.3) is 6.08 Å². The lowest BCUT2D eigenvalue weighted by Gasteiger charge is -2.08. The fourth-order valence-electron chi connectivity index (χ4n) is 2.45. The number of hydrogen-bond donors (Lipinski definition) is 0. The third kappa shape index (κ3) is 4.29. The molecule has 0 bridgehead atoms.